The summed E-state index contributed by atoms with van der Waals surface area (Å²) in [7, 11) is 0. The molecule has 1 aliphatic carbocycles. The Labute approximate surface area is 118 Å². The van der Waals surface area contributed by atoms with E-state index in [1.807, 2.05) is 18.2 Å². The van der Waals surface area contributed by atoms with Crippen molar-refractivity contribution >= 4 is 17.7 Å². The summed E-state index contributed by atoms with van der Waals surface area (Å²) in [5.41, 5.74) is 1.73. The third kappa shape index (κ3) is 2.94. The van der Waals surface area contributed by atoms with Gasteiger partial charge in [-0.2, -0.15) is 0 Å². The second-order valence-corrected chi connectivity index (χ2v) is 5.89. The van der Waals surface area contributed by atoms with Gasteiger partial charge in [0, 0.05) is 23.7 Å². The zero-order valence-corrected chi connectivity index (χ0v) is 11.5. The molecule has 102 valence electrons. The van der Waals surface area contributed by atoms with Crippen LogP contribution in [-0.4, -0.2) is 30.4 Å². The van der Waals surface area contributed by atoms with Crippen LogP contribution in [-0.2, 0) is 0 Å². The van der Waals surface area contributed by atoms with E-state index >= 15 is 0 Å². The highest BCUT2D eigenvalue weighted by atomic mass is 35.5. The highest BCUT2D eigenvalue weighted by Crippen LogP contribution is 2.31. The van der Waals surface area contributed by atoms with E-state index in [1.54, 1.807) is 0 Å². The van der Waals surface area contributed by atoms with Crippen LogP contribution in [0.3, 0.4) is 0 Å². The van der Waals surface area contributed by atoms with Crippen molar-refractivity contribution in [2.24, 2.45) is 0 Å². The highest BCUT2D eigenvalue weighted by molar-refractivity contribution is 6.30. The quantitative estimate of drug-likeness (QED) is 0.890. The Balaban J connectivity index is 1.60. The molecule has 0 bridgehead atoms. The molecular formula is C15H18ClNO2. The van der Waals surface area contributed by atoms with E-state index in [0.29, 0.717) is 13.2 Å². The zero-order chi connectivity index (χ0) is 13.3. The first-order valence-corrected chi connectivity index (χ1v) is 7.07. The molecule has 1 aromatic rings. The number of halogens is 1. The smallest absolute Gasteiger partial charge is 0.127 e. The van der Waals surface area contributed by atoms with Gasteiger partial charge in [-0.25, -0.2) is 0 Å². The predicted octanol–water partition coefficient (Wildman–Crippen LogP) is 2.62. The fraction of sp³-hybridized carbons (Fsp3) is 0.467. The lowest BCUT2D eigenvalue weighted by Gasteiger charge is -2.36. The molecule has 2 aliphatic rings. The lowest BCUT2D eigenvalue weighted by atomic mass is 9.80. The summed E-state index contributed by atoms with van der Waals surface area (Å²) in [6, 6.07) is 5.65. The molecule has 3 nitrogen and oxygen atoms in total. The Morgan fingerprint density at radius 1 is 1.37 bits per heavy atom. The molecule has 1 heterocycles. The lowest BCUT2D eigenvalue weighted by Crippen LogP contribution is -2.46. The van der Waals surface area contributed by atoms with Gasteiger partial charge >= 0.3 is 0 Å². The molecule has 1 aliphatic heterocycles. The van der Waals surface area contributed by atoms with Crippen molar-refractivity contribution < 1.29 is 9.84 Å². The van der Waals surface area contributed by atoms with Crippen LogP contribution in [0.15, 0.2) is 23.8 Å². The summed E-state index contributed by atoms with van der Waals surface area (Å²) >= 11 is 5.98. The lowest BCUT2D eigenvalue weighted by molar-refractivity contribution is -0.0306. The monoisotopic (exact) mass is 279 g/mol. The Morgan fingerprint density at radius 2 is 2.21 bits per heavy atom. The summed E-state index contributed by atoms with van der Waals surface area (Å²) in [5.74, 6) is 0.880. The molecule has 0 saturated heterocycles. The van der Waals surface area contributed by atoms with Gasteiger partial charge in [0.1, 0.15) is 12.4 Å². The maximum Gasteiger partial charge on any atom is 0.127 e. The van der Waals surface area contributed by atoms with E-state index in [1.165, 1.54) is 5.57 Å². The van der Waals surface area contributed by atoms with Gasteiger partial charge in [0.2, 0.25) is 0 Å². The Morgan fingerprint density at radius 3 is 2.95 bits per heavy atom. The van der Waals surface area contributed by atoms with Crippen molar-refractivity contribution in [3.8, 4) is 5.75 Å². The van der Waals surface area contributed by atoms with Crippen molar-refractivity contribution in [2.75, 3.05) is 19.7 Å². The topological polar surface area (TPSA) is 41.5 Å². The first-order valence-electron chi connectivity index (χ1n) is 6.70. The zero-order valence-electron chi connectivity index (χ0n) is 10.8. The minimum atomic E-state index is -0.475. The third-order valence-electron chi connectivity index (χ3n) is 3.83. The van der Waals surface area contributed by atoms with Gasteiger partial charge in [-0.05, 0) is 49.1 Å². The van der Waals surface area contributed by atoms with E-state index < -0.39 is 5.60 Å². The van der Waals surface area contributed by atoms with Crippen LogP contribution in [0.4, 0.5) is 0 Å². The average molecular weight is 280 g/mol. The molecule has 0 spiro atoms. The molecule has 1 aromatic carbocycles. The van der Waals surface area contributed by atoms with Crippen LogP contribution in [0.5, 0.6) is 5.75 Å². The number of rotatable bonds is 4. The summed E-state index contributed by atoms with van der Waals surface area (Å²) in [6.45, 7) is 2.00. The molecule has 3 rings (SSSR count). The van der Waals surface area contributed by atoms with Crippen LogP contribution >= 0.6 is 11.6 Å². The van der Waals surface area contributed by atoms with E-state index in [9.17, 15) is 5.11 Å². The number of fused-ring (bicyclic) bond motifs is 1. The number of benzene rings is 1. The van der Waals surface area contributed by atoms with Gasteiger partial charge in [-0.1, -0.05) is 11.6 Å². The van der Waals surface area contributed by atoms with Gasteiger partial charge in [-0.15, -0.1) is 0 Å². The standard InChI is InChI=1S/C15H18ClNO2/c16-13-2-3-14-12(7-13)6-11(9-19-14)8-17-10-15(18)4-1-5-15/h2-3,6-7,17-18H,1,4-5,8-10H2. The average Bonchev–Trinajstić information content (AvgIpc) is 2.36. The van der Waals surface area contributed by atoms with Gasteiger partial charge in [0.25, 0.3) is 0 Å². The van der Waals surface area contributed by atoms with Crippen molar-refractivity contribution in [2.45, 2.75) is 24.9 Å². The van der Waals surface area contributed by atoms with Gasteiger partial charge in [-0.3, -0.25) is 0 Å². The van der Waals surface area contributed by atoms with Crippen molar-refractivity contribution in [1.29, 1.82) is 0 Å². The number of ether oxygens (including phenoxy) is 1. The van der Waals surface area contributed by atoms with Crippen molar-refractivity contribution in [3.63, 3.8) is 0 Å². The largest absolute Gasteiger partial charge is 0.489 e. The number of nitrogens with one attached hydrogen (secondary N) is 1. The van der Waals surface area contributed by atoms with Crippen molar-refractivity contribution in [1.82, 2.24) is 5.32 Å². The SMILES string of the molecule is OC1(CNCC2=Cc3cc(Cl)ccc3OC2)CCC1. The summed E-state index contributed by atoms with van der Waals surface area (Å²) in [6.07, 6.45) is 5.07. The molecule has 19 heavy (non-hydrogen) atoms. The van der Waals surface area contributed by atoms with Gasteiger partial charge in [0.15, 0.2) is 0 Å². The molecule has 1 saturated carbocycles. The van der Waals surface area contributed by atoms with E-state index in [2.05, 4.69) is 11.4 Å². The molecule has 0 amide bonds. The first-order chi connectivity index (χ1) is 9.15. The predicted molar refractivity (Wildman–Crippen MR) is 76.6 cm³/mol. The summed E-state index contributed by atoms with van der Waals surface area (Å²) in [5, 5.41) is 14.0. The maximum atomic E-state index is 10.0. The van der Waals surface area contributed by atoms with Crippen LogP contribution < -0.4 is 10.1 Å². The number of hydrogen-bond acceptors (Lipinski definition) is 3. The second kappa shape index (κ2) is 5.16. The van der Waals surface area contributed by atoms with Crippen LogP contribution in [0.2, 0.25) is 5.02 Å². The van der Waals surface area contributed by atoms with Gasteiger partial charge < -0.3 is 15.2 Å². The Bertz CT molecular complexity index is 509. The maximum absolute atomic E-state index is 10.0. The Kier molecular flexibility index (Phi) is 3.52. The van der Waals surface area contributed by atoms with Gasteiger partial charge in [0.05, 0.1) is 5.60 Å². The van der Waals surface area contributed by atoms with E-state index in [-0.39, 0.29) is 0 Å². The molecule has 0 unspecified atom stereocenters. The molecule has 4 heteroatoms. The number of aliphatic hydroxyl groups is 1. The molecule has 0 radical (unpaired) electrons. The second-order valence-electron chi connectivity index (χ2n) is 5.45. The Hall–Kier alpha value is -1.03. The fourth-order valence-electron chi connectivity index (χ4n) is 2.52. The minimum absolute atomic E-state index is 0.475. The number of hydrogen-bond donors (Lipinski definition) is 2. The summed E-state index contributed by atoms with van der Waals surface area (Å²) < 4.78 is 5.68. The van der Waals surface area contributed by atoms with Crippen LogP contribution in [0, 0.1) is 0 Å². The summed E-state index contributed by atoms with van der Waals surface area (Å²) in [4.78, 5) is 0. The molecule has 0 aromatic heterocycles. The molecule has 2 N–H and O–H groups in total. The minimum Gasteiger partial charge on any atom is -0.489 e. The normalized spacial score (nSPS) is 20.0. The molecule has 1 fully saturated rings. The third-order valence-corrected chi connectivity index (χ3v) is 4.07. The fourth-order valence-corrected chi connectivity index (χ4v) is 2.70. The van der Waals surface area contributed by atoms with Crippen LogP contribution in [0.1, 0.15) is 24.8 Å². The van der Waals surface area contributed by atoms with Crippen molar-refractivity contribution in [3.05, 3.63) is 34.4 Å². The van der Waals surface area contributed by atoms with E-state index in [4.69, 9.17) is 16.3 Å². The van der Waals surface area contributed by atoms with Crippen LogP contribution in [0.25, 0.3) is 6.08 Å². The highest BCUT2D eigenvalue weighted by Gasteiger charge is 2.33. The first kappa shape index (κ1) is 13.0. The van der Waals surface area contributed by atoms with E-state index in [0.717, 1.165) is 42.1 Å². The molecular weight excluding hydrogens is 262 g/mol. The molecule has 0 atom stereocenters.